The molecule has 0 saturated carbocycles. The maximum absolute atomic E-state index is 11.1. The summed E-state index contributed by atoms with van der Waals surface area (Å²) in [5.41, 5.74) is 6.57. The largest absolute Gasteiger partial charge is 0.427 e. The van der Waals surface area contributed by atoms with E-state index >= 15 is 0 Å². The van der Waals surface area contributed by atoms with Gasteiger partial charge in [0.25, 0.3) is 0 Å². The molecule has 0 fully saturated rings. The molecule has 14 nitrogen and oxygen atoms in total. The summed E-state index contributed by atoms with van der Waals surface area (Å²) in [5, 5.41) is 0. The second kappa shape index (κ2) is 24.1. The number of carbonyl (C=O) groups is 1. The van der Waals surface area contributed by atoms with Crippen molar-refractivity contribution in [3.8, 4) is 110 Å². The molecule has 76 heavy (non-hydrogen) atoms. The number of benzene rings is 9. The maximum Gasteiger partial charge on any atom is 0.331 e. The Labute approximate surface area is 437 Å². The van der Waals surface area contributed by atoms with Crippen molar-refractivity contribution in [3.63, 3.8) is 0 Å². The maximum atomic E-state index is 11.1. The number of carbonyl (C=O) groups excluding carboxylic acids is 1. The second-order valence-corrected chi connectivity index (χ2v) is 16.3. The third-order valence-electron chi connectivity index (χ3n) is 10.9. The van der Waals surface area contributed by atoms with Crippen LogP contribution in [0.5, 0.6) is 76.3 Å². The van der Waals surface area contributed by atoms with Gasteiger partial charge >= 0.3 is 42.0 Å². The van der Waals surface area contributed by atoms with E-state index in [-0.39, 0.29) is 36.1 Å². The fraction of sp³-hybridized carbons (Fsp3) is 0.0161. The van der Waals surface area contributed by atoms with Gasteiger partial charge in [0, 0.05) is 6.92 Å². The minimum absolute atomic E-state index is 0.0127. The van der Waals surface area contributed by atoms with Crippen LogP contribution in [0.25, 0.3) is 33.4 Å². The fourth-order valence-electron chi connectivity index (χ4n) is 7.30. The Morgan fingerprint density at radius 1 is 0.237 bits per heavy atom. The molecule has 0 amide bonds. The molecule has 0 aliphatic heterocycles. The van der Waals surface area contributed by atoms with Crippen LogP contribution in [0.2, 0.25) is 0 Å². The summed E-state index contributed by atoms with van der Waals surface area (Å²) in [5.74, 6) is 3.23. The first-order valence-electron chi connectivity index (χ1n) is 23.8. The first kappa shape index (κ1) is 48.9. The van der Waals surface area contributed by atoms with Crippen molar-refractivity contribution < 1.29 is 38.0 Å². The van der Waals surface area contributed by atoms with E-state index in [9.17, 15) is 4.79 Å². The van der Waals surface area contributed by atoms with Crippen LogP contribution in [0.15, 0.2) is 249 Å². The zero-order valence-electron chi connectivity index (χ0n) is 40.6. The lowest BCUT2D eigenvalue weighted by Gasteiger charge is -2.11. The summed E-state index contributed by atoms with van der Waals surface area (Å²) < 4.78 is 40.4. The second-order valence-electron chi connectivity index (χ2n) is 16.3. The molecule has 2 aromatic heterocycles. The van der Waals surface area contributed by atoms with Crippen molar-refractivity contribution in [2.45, 2.75) is 6.92 Å². The minimum Gasteiger partial charge on any atom is -0.427 e. The van der Waals surface area contributed by atoms with Gasteiger partial charge in [0.15, 0.2) is 0 Å². The van der Waals surface area contributed by atoms with Crippen LogP contribution >= 0.6 is 0 Å². The lowest BCUT2D eigenvalue weighted by atomic mass is 10.1. The molecule has 11 rings (SSSR count). The summed E-state index contributed by atoms with van der Waals surface area (Å²) in [7, 11) is 0. The molecule has 0 atom stereocenters. The van der Waals surface area contributed by atoms with Crippen molar-refractivity contribution in [2.24, 2.45) is 0 Å². The van der Waals surface area contributed by atoms with E-state index in [1.54, 1.807) is 48.5 Å². The van der Waals surface area contributed by atoms with Crippen LogP contribution in [0.3, 0.4) is 0 Å². The van der Waals surface area contributed by atoms with Crippen LogP contribution in [-0.2, 0) is 4.79 Å². The molecule has 0 aliphatic rings. The molecular formula is C62H44N6O8. The van der Waals surface area contributed by atoms with Crippen molar-refractivity contribution in [3.05, 3.63) is 249 Å². The number of para-hydroxylation sites is 2. The number of rotatable bonds is 16. The normalized spacial score (nSPS) is 10.5. The summed E-state index contributed by atoms with van der Waals surface area (Å²) in [4.78, 5) is 37.0. The predicted octanol–water partition coefficient (Wildman–Crippen LogP) is 15.4. The van der Waals surface area contributed by atoms with Crippen molar-refractivity contribution in [2.75, 3.05) is 0 Å². The van der Waals surface area contributed by atoms with Crippen LogP contribution in [0.1, 0.15) is 6.92 Å². The zero-order valence-corrected chi connectivity index (χ0v) is 40.6. The highest BCUT2D eigenvalue weighted by atomic mass is 16.5. The van der Waals surface area contributed by atoms with Gasteiger partial charge in [-0.1, -0.05) is 164 Å². The van der Waals surface area contributed by atoms with Crippen molar-refractivity contribution in [1.82, 2.24) is 29.9 Å². The number of ether oxygens (including phenoxy) is 7. The van der Waals surface area contributed by atoms with Crippen LogP contribution in [0, 0.1) is 0 Å². The summed E-state index contributed by atoms with van der Waals surface area (Å²) in [6, 6.07) is 78.4. The third kappa shape index (κ3) is 13.8. The molecule has 2 heterocycles. The highest BCUT2D eigenvalue weighted by Crippen LogP contribution is 2.32. The van der Waals surface area contributed by atoms with E-state index in [0.717, 1.165) is 33.4 Å². The first-order valence-corrected chi connectivity index (χ1v) is 23.8. The Bertz CT molecular complexity index is 3300. The van der Waals surface area contributed by atoms with Crippen molar-refractivity contribution in [1.29, 1.82) is 0 Å². The van der Waals surface area contributed by atoms with Gasteiger partial charge < -0.3 is 33.2 Å². The lowest BCUT2D eigenvalue weighted by molar-refractivity contribution is -0.131. The molecule has 11 aromatic rings. The molecule has 0 radical (unpaired) electrons. The van der Waals surface area contributed by atoms with E-state index in [2.05, 4.69) is 66.3 Å². The van der Waals surface area contributed by atoms with Crippen LogP contribution in [-0.4, -0.2) is 35.9 Å². The first-order chi connectivity index (χ1) is 37.4. The lowest BCUT2D eigenvalue weighted by Crippen LogP contribution is -2.02. The third-order valence-corrected chi connectivity index (χ3v) is 10.9. The van der Waals surface area contributed by atoms with E-state index in [0.29, 0.717) is 40.2 Å². The average Bonchev–Trinajstić information content (AvgIpc) is 3.46. The molecular weight excluding hydrogens is 957 g/mol. The van der Waals surface area contributed by atoms with E-state index in [1.165, 1.54) is 6.92 Å². The smallest absolute Gasteiger partial charge is 0.331 e. The molecule has 14 heteroatoms. The molecule has 370 valence electrons. The van der Waals surface area contributed by atoms with Gasteiger partial charge in [-0.2, -0.15) is 0 Å². The molecule has 0 N–H and O–H groups in total. The van der Waals surface area contributed by atoms with Gasteiger partial charge in [0.05, 0.1) is 0 Å². The van der Waals surface area contributed by atoms with E-state index in [4.69, 9.17) is 33.2 Å². The van der Waals surface area contributed by atoms with Crippen LogP contribution in [0.4, 0.5) is 0 Å². The Balaban J connectivity index is 0.000000186. The standard InChI is InChI=1S/C39H27N3O3.C23H17N3O5/c1-4-10-28(11-5-1)31-16-22-34(23-17-31)43-37-40-38(44-35-24-18-32(19-25-35)29-12-6-2-7-13-29)42-39(41-37)45-36-26-20-33(21-27-36)30-14-8-3-9-15-30;1-16(27)28-19-12-14-20(15-13-19)31-23-25-21(29-17-8-4-2-5-9-17)24-22(26-23)30-18-10-6-3-7-11-18/h1-27H;2-15H,1H3. The number of hydrogen-bond acceptors (Lipinski definition) is 14. The SMILES string of the molecule is CC(=O)Oc1ccc(Oc2nc(Oc3ccccc3)nc(Oc3ccccc3)n2)cc1.c1ccc(-c2ccc(Oc3nc(Oc4ccc(-c5ccccc5)cc4)nc(Oc4ccc(-c5ccccc5)cc4)n3)cc2)cc1. The molecule has 0 bridgehead atoms. The van der Waals surface area contributed by atoms with E-state index < -0.39 is 5.97 Å². The van der Waals surface area contributed by atoms with E-state index in [1.807, 2.05) is 164 Å². The Kier molecular flexibility index (Phi) is 15.5. The Morgan fingerprint density at radius 2 is 0.421 bits per heavy atom. The fourth-order valence-corrected chi connectivity index (χ4v) is 7.30. The Morgan fingerprint density at radius 3 is 0.658 bits per heavy atom. The molecule has 0 saturated heterocycles. The van der Waals surface area contributed by atoms with Gasteiger partial charge in [0.2, 0.25) is 0 Å². The summed E-state index contributed by atoms with van der Waals surface area (Å²) >= 11 is 0. The minimum atomic E-state index is -0.406. The van der Waals surface area contributed by atoms with Gasteiger partial charge in [0.1, 0.15) is 40.2 Å². The predicted molar refractivity (Wildman–Crippen MR) is 286 cm³/mol. The number of esters is 1. The Hall–Kier alpha value is -10.7. The van der Waals surface area contributed by atoms with Gasteiger partial charge in [-0.05, 0) is 118 Å². The van der Waals surface area contributed by atoms with Crippen molar-refractivity contribution >= 4 is 5.97 Å². The number of aromatic nitrogens is 6. The average molecular weight is 1000 g/mol. The highest BCUT2D eigenvalue weighted by Gasteiger charge is 2.16. The van der Waals surface area contributed by atoms with Crippen LogP contribution < -0.4 is 33.2 Å². The topological polar surface area (TPSA) is 159 Å². The number of nitrogens with zero attached hydrogens (tertiary/aromatic N) is 6. The summed E-state index contributed by atoms with van der Waals surface area (Å²) in [6.07, 6.45) is 0. The van der Waals surface area contributed by atoms with Gasteiger partial charge in [-0.15, -0.1) is 29.9 Å². The monoisotopic (exact) mass is 1000 g/mol. The van der Waals surface area contributed by atoms with Gasteiger partial charge in [-0.3, -0.25) is 4.79 Å². The van der Waals surface area contributed by atoms with Gasteiger partial charge in [-0.25, -0.2) is 0 Å². The zero-order chi connectivity index (χ0) is 51.7. The quantitative estimate of drug-likeness (QED) is 0.0664. The highest BCUT2D eigenvalue weighted by molar-refractivity contribution is 5.69. The molecule has 9 aromatic carbocycles. The molecule has 0 aliphatic carbocycles. The number of hydrogen-bond donors (Lipinski definition) is 0. The molecule has 0 unspecified atom stereocenters. The summed E-state index contributed by atoms with van der Waals surface area (Å²) in [6.45, 7) is 1.33. The molecule has 0 spiro atoms.